The summed E-state index contributed by atoms with van der Waals surface area (Å²) in [5, 5.41) is 22.5. The molecule has 0 spiro atoms. The lowest BCUT2D eigenvalue weighted by molar-refractivity contribution is -0.115. The first-order valence-electron chi connectivity index (χ1n) is 7.79. The molecule has 0 aliphatic carbocycles. The molecule has 0 radical (unpaired) electrons. The first kappa shape index (κ1) is 17.0. The van der Waals surface area contributed by atoms with Crippen molar-refractivity contribution < 1.29 is 9.18 Å². The summed E-state index contributed by atoms with van der Waals surface area (Å²) in [6.07, 6.45) is -0.0934. The van der Waals surface area contributed by atoms with Crippen molar-refractivity contribution in [1.29, 1.82) is 5.26 Å². The van der Waals surface area contributed by atoms with Gasteiger partial charge in [-0.25, -0.2) is 4.39 Å². The average molecular weight is 347 g/mol. The summed E-state index contributed by atoms with van der Waals surface area (Å²) in [4.78, 5) is 12.0. The molecule has 3 rings (SSSR count). The summed E-state index contributed by atoms with van der Waals surface area (Å²) in [6, 6.07) is 18.4. The van der Waals surface area contributed by atoms with Gasteiger partial charge in [0.25, 0.3) is 0 Å². The molecule has 0 atom stereocenters. The number of nitrogens with zero attached hydrogens (tertiary/aromatic N) is 3. The summed E-state index contributed by atoms with van der Waals surface area (Å²) in [5.74, 6) is -0.130. The lowest BCUT2D eigenvalue weighted by Crippen LogP contribution is -2.16. The third-order valence-electron chi connectivity index (χ3n) is 3.55. The lowest BCUT2D eigenvalue weighted by Gasteiger charge is -2.08. The Hall–Kier alpha value is -3.79. The van der Waals surface area contributed by atoms with Gasteiger partial charge in [-0.1, -0.05) is 30.3 Å². The number of aromatic nitrogens is 2. The highest BCUT2D eigenvalue weighted by atomic mass is 19.1. The Morgan fingerprint density at radius 3 is 2.42 bits per heavy atom. The number of halogens is 1. The van der Waals surface area contributed by atoms with Crippen LogP contribution in [-0.2, 0) is 11.2 Å². The molecule has 0 fully saturated rings. The van der Waals surface area contributed by atoms with Gasteiger partial charge in [0, 0.05) is 0 Å². The number of nitrogens with one attached hydrogen (secondary N) is 2. The second-order valence-corrected chi connectivity index (χ2v) is 5.40. The summed E-state index contributed by atoms with van der Waals surface area (Å²) < 4.78 is 13.6. The van der Waals surface area contributed by atoms with Crippen LogP contribution in [0.3, 0.4) is 0 Å². The molecule has 1 amide bonds. The number of para-hydroxylation sites is 1. The van der Waals surface area contributed by atoms with Gasteiger partial charge in [-0.2, -0.15) is 5.26 Å². The quantitative estimate of drug-likeness (QED) is 0.738. The van der Waals surface area contributed by atoms with Gasteiger partial charge < -0.3 is 10.6 Å². The Kier molecular flexibility index (Phi) is 5.15. The maximum absolute atomic E-state index is 13.6. The van der Waals surface area contributed by atoms with Gasteiger partial charge in [0.2, 0.25) is 5.91 Å². The molecule has 2 aromatic carbocycles. The number of carbonyl (C=O) groups excluding carboxylic acids is 1. The highest BCUT2D eigenvalue weighted by molar-refractivity contribution is 5.91. The largest absolute Gasteiger partial charge is 0.338 e. The van der Waals surface area contributed by atoms with Crippen molar-refractivity contribution in [2.75, 3.05) is 10.6 Å². The molecule has 0 aliphatic rings. The zero-order chi connectivity index (χ0) is 18.4. The van der Waals surface area contributed by atoms with E-state index in [1.54, 1.807) is 54.6 Å². The summed E-state index contributed by atoms with van der Waals surface area (Å²) in [7, 11) is 0. The molecule has 0 bridgehead atoms. The Bertz CT molecular complexity index is 966. The first-order valence-corrected chi connectivity index (χ1v) is 7.79. The molecule has 26 heavy (non-hydrogen) atoms. The van der Waals surface area contributed by atoms with Crippen molar-refractivity contribution in [3.8, 4) is 6.07 Å². The monoisotopic (exact) mass is 347 g/mol. The van der Waals surface area contributed by atoms with Crippen LogP contribution in [0, 0.1) is 17.1 Å². The summed E-state index contributed by atoms with van der Waals surface area (Å²) in [6.45, 7) is 0. The number of amides is 1. The highest BCUT2D eigenvalue weighted by Gasteiger charge is 2.09. The van der Waals surface area contributed by atoms with Crippen LogP contribution in [0.4, 0.5) is 21.7 Å². The molecule has 6 nitrogen and oxygen atoms in total. The average Bonchev–Trinajstić information content (AvgIpc) is 2.66. The van der Waals surface area contributed by atoms with E-state index in [1.807, 2.05) is 0 Å². The van der Waals surface area contributed by atoms with Crippen LogP contribution in [0.2, 0.25) is 0 Å². The predicted molar refractivity (Wildman–Crippen MR) is 95.2 cm³/mol. The Balaban J connectivity index is 1.63. The summed E-state index contributed by atoms with van der Waals surface area (Å²) >= 11 is 0. The molecule has 0 saturated carbocycles. The van der Waals surface area contributed by atoms with Crippen molar-refractivity contribution >= 4 is 23.2 Å². The molecule has 0 saturated heterocycles. The van der Waals surface area contributed by atoms with E-state index < -0.39 is 5.82 Å². The number of rotatable bonds is 5. The number of anilines is 3. The summed E-state index contributed by atoms with van der Waals surface area (Å²) in [5.41, 5.74) is 1.40. The van der Waals surface area contributed by atoms with Gasteiger partial charge in [-0.15, -0.1) is 10.2 Å². The molecule has 2 N–H and O–H groups in total. The maximum Gasteiger partial charge on any atom is 0.230 e. The van der Waals surface area contributed by atoms with Crippen LogP contribution >= 0.6 is 0 Å². The van der Waals surface area contributed by atoms with Crippen molar-refractivity contribution in [3.05, 3.63) is 77.6 Å². The molecule has 128 valence electrons. The van der Waals surface area contributed by atoms with Crippen LogP contribution in [0.15, 0.2) is 60.7 Å². The number of hydrogen-bond donors (Lipinski definition) is 2. The van der Waals surface area contributed by atoms with Gasteiger partial charge >= 0.3 is 0 Å². The van der Waals surface area contributed by atoms with Gasteiger partial charge in [0.05, 0.1) is 17.7 Å². The van der Waals surface area contributed by atoms with E-state index >= 15 is 0 Å². The van der Waals surface area contributed by atoms with Crippen LogP contribution in [0.25, 0.3) is 0 Å². The smallest absolute Gasteiger partial charge is 0.230 e. The second kappa shape index (κ2) is 7.85. The van der Waals surface area contributed by atoms with E-state index in [0.29, 0.717) is 22.6 Å². The topological polar surface area (TPSA) is 90.7 Å². The minimum atomic E-state index is -0.426. The molecule has 3 aromatic rings. The Morgan fingerprint density at radius 2 is 1.69 bits per heavy atom. The Labute approximate surface area is 149 Å². The molecule has 1 aromatic heterocycles. The van der Waals surface area contributed by atoms with Crippen molar-refractivity contribution in [1.82, 2.24) is 10.2 Å². The van der Waals surface area contributed by atoms with E-state index in [-0.39, 0.29) is 18.1 Å². The third-order valence-corrected chi connectivity index (χ3v) is 3.55. The van der Waals surface area contributed by atoms with Crippen LogP contribution in [0.1, 0.15) is 11.1 Å². The van der Waals surface area contributed by atoms with Gasteiger partial charge in [0.15, 0.2) is 11.6 Å². The lowest BCUT2D eigenvalue weighted by atomic mass is 10.1. The van der Waals surface area contributed by atoms with E-state index in [2.05, 4.69) is 26.9 Å². The third kappa shape index (κ3) is 4.19. The fourth-order valence-electron chi connectivity index (χ4n) is 2.29. The van der Waals surface area contributed by atoms with Crippen LogP contribution in [-0.4, -0.2) is 16.1 Å². The first-order chi connectivity index (χ1) is 12.7. The van der Waals surface area contributed by atoms with E-state index in [1.165, 1.54) is 6.07 Å². The van der Waals surface area contributed by atoms with E-state index in [4.69, 9.17) is 5.26 Å². The highest BCUT2D eigenvalue weighted by Crippen LogP contribution is 2.19. The minimum absolute atomic E-state index is 0.0934. The van der Waals surface area contributed by atoms with Gasteiger partial charge in [-0.3, -0.25) is 4.79 Å². The van der Waals surface area contributed by atoms with Gasteiger partial charge in [-0.05, 0) is 35.9 Å². The number of benzene rings is 2. The van der Waals surface area contributed by atoms with Crippen LogP contribution in [0.5, 0.6) is 0 Å². The molecule has 0 unspecified atom stereocenters. The fourth-order valence-corrected chi connectivity index (χ4v) is 2.29. The SMILES string of the molecule is N#Cc1ccccc1Nc1ccc(NC(=O)Cc2ccccc2F)nn1. The minimum Gasteiger partial charge on any atom is -0.338 e. The number of nitriles is 1. The normalized spacial score (nSPS) is 10.0. The van der Waals surface area contributed by atoms with Crippen molar-refractivity contribution in [2.24, 2.45) is 0 Å². The number of carbonyl (C=O) groups is 1. The standard InChI is InChI=1S/C19H14FN5O/c20-15-7-3-1-5-13(15)11-19(26)23-18-10-9-17(24-25-18)22-16-8-4-2-6-14(16)12-21/h1-10H,11H2,(H,22,24)(H,23,25,26). The molecule has 0 aliphatic heterocycles. The molecule has 1 heterocycles. The number of hydrogen-bond acceptors (Lipinski definition) is 5. The molecule has 7 heteroatoms. The maximum atomic E-state index is 13.6. The van der Waals surface area contributed by atoms with E-state index in [0.717, 1.165) is 0 Å². The van der Waals surface area contributed by atoms with E-state index in [9.17, 15) is 9.18 Å². The zero-order valence-corrected chi connectivity index (χ0v) is 13.6. The second-order valence-electron chi connectivity index (χ2n) is 5.40. The van der Waals surface area contributed by atoms with Gasteiger partial charge in [0.1, 0.15) is 11.9 Å². The molecular weight excluding hydrogens is 333 g/mol. The zero-order valence-electron chi connectivity index (χ0n) is 13.6. The van der Waals surface area contributed by atoms with Crippen molar-refractivity contribution in [2.45, 2.75) is 6.42 Å². The Morgan fingerprint density at radius 1 is 1.00 bits per heavy atom. The predicted octanol–water partition coefficient (Wildman–Crippen LogP) is 3.41. The molecular formula is C19H14FN5O. The van der Waals surface area contributed by atoms with Crippen LogP contribution < -0.4 is 10.6 Å². The van der Waals surface area contributed by atoms with Crippen molar-refractivity contribution in [3.63, 3.8) is 0 Å². The fraction of sp³-hybridized carbons (Fsp3) is 0.0526.